The van der Waals surface area contributed by atoms with Crippen LogP contribution in [0.15, 0.2) is 88.9 Å². The van der Waals surface area contributed by atoms with Crippen molar-refractivity contribution in [2.75, 3.05) is 6.54 Å². The Balaban J connectivity index is 1.96. The number of hydrogen-bond acceptors (Lipinski definition) is 5. The van der Waals surface area contributed by atoms with Gasteiger partial charge in [-0.1, -0.05) is 42.0 Å². The van der Waals surface area contributed by atoms with Gasteiger partial charge < -0.3 is 0 Å². The summed E-state index contributed by atoms with van der Waals surface area (Å²) < 4.78 is 54.0. The molecule has 1 unspecified atom stereocenters. The van der Waals surface area contributed by atoms with Crippen LogP contribution >= 0.6 is 0 Å². The molecule has 0 aliphatic heterocycles. The summed E-state index contributed by atoms with van der Waals surface area (Å²) in [7, 11) is -7.69. The number of sulfonamides is 1. The van der Waals surface area contributed by atoms with Crippen LogP contribution in [0.5, 0.6) is 0 Å². The third-order valence-electron chi connectivity index (χ3n) is 4.29. The Morgan fingerprint density at radius 2 is 1.54 bits per heavy atom. The lowest BCUT2D eigenvalue weighted by Crippen LogP contribution is -2.32. The number of nitrogens with one attached hydrogen (secondary N) is 1. The maximum absolute atomic E-state index is 13.2. The fourth-order valence-electron chi connectivity index (χ4n) is 2.73. The number of aryl methyl sites for hydroxylation is 1. The zero-order valence-corrected chi connectivity index (χ0v) is 16.8. The molecule has 8 heteroatoms. The summed E-state index contributed by atoms with van der Waals surface area (Å²) in [6, 6.07) is 17.6. The predicted molar refractivity (Wildman–Crippen MR) is 107 cm³/mol. The van der Waals surface area contributed by atoms with Crippen LogP contribution in [-0.2, 0) is 19.9 Å². The SMILES string of the molecule is Cc1ccc(S(=O)(=O)C(CNS(=O)(=O)c2ccccc2)c2cccnc2)cc1. The van der Waals surface area contributed by atoms with E-state index in [1.165, 1.54) is 36.7 Å². The van der Waals surface area contributed by atoms with Crippen molar-refractivity contribution >= 4 is 19.9 Å². The molecule has 0 spiro atoms. The van der Waals surface area contributed by atoms with Crippen LogP contribution in [0.2, 0.25) is 0 Å². The van der Waals surface area contributed by atoms with Gasteiger partial charge in [-0.15, -0.1) is 0 Å². The summed E-state index contributed by atoms with van der Waals surface area (Å²) in [5.41, 5.74) is 1.35. The molecule has 6 nitrogen and oxygen atoms in total. The van der Waals surface area contributed by atoms with Crippen molar-refractivity contribution in [2.45, 2.75) is 22.0 Å². The normalized spacial score (nSPS) is 13.2. The Labute approximate surface area is 165 Å². The van der Waals surface area contributed by atoms with Crippen molar-refractivity contribution in [1.82, 2.24) is 9.71 Å². The van der Waals surface area contributed by atoms with Crippen molar-refractivity contribution < 1.29 is 16.8 Å². The van der Waals surface area contributed by atoms with Crippen molar-refractivity contribution in [1.29, 1.82) is 0 Å². The molecular formula is C20H20N2O4S2. The van der Waals surface area contributed by atoms with E-state index in [1.807, 2.05) is 6.92 Å². The first-order valence-electron chi connectivity index (χ1n) is 8.56. The molecule has 0 saturated carbocycles. The van der Waals surface area contributed by atoms with Gasteiger partial charge in [0.15, 0.2) is 9.84 Å². The number of nitrogens with zero attached hydrogens (tertiary/aromatic N) is 1. The number of rotatable bonds is 7. The number of benzene rings is 2. The van der Waals surface area contributed by atoms with Gasteiger partial charge in [-0.2, -0.15) is 0 Å². The van der Waals surface area contributed by atoms with Crippen molar-refractivity contribution in [3.63, 3.8) is 0 Å². The van der Waals surface area contributed by atoms with Gasteiger partial charge in [-0.3, -0.25) is 4.98 Å². The highest BCUT2D eigenvalue weighted by molar-refractivity contribution is 7.92. The summed E-state index contributed by atoms with van der Waals surface area (Å²) in [6.45, 7) is 1.56. The molecule has 0 aliphatic rings. The first-order valence-corrected chi connectivity index (χ1v) is 11.6. The van der Waals surface area contributed by atoms with Crippen LogP contribution in [-0.4, -0.2) is 28.4 Å². The second kappa shape index (κ2) is 8.22. The average molecular weight is 417 g/mol. The number of aromatic nitrogens is 1. The number of hydrogen-bond donors (Lipinski definition) is 1. The van der Waals surface area contributed by atoms with E-state index < -0.39 is 25.1 Å². The lowest BCUT2D eigenvalue weighted by Gasteiger charge is -2.19. The van der Waals surface area contributed by atoms with Crippen molar-refractivity contribution in [2.24, 2.45) is 0 Å². The summed E-state index contributed by atoms with van der Waals surface area (Å²) in [4.78, 5) is 4.19. The summed E-state index contributed by atoms with van der Waals surface area (Å²) in [6.07, 6.45) is 2.97. The van der Waals surface area contributed by atoms with E-state index >= 15 is 0 Å². The molecule has 0 fully saturated rings. The van der Waals surface area contributed by atoms with Gasteiger partial charge in [0.05, 0.1) is 9.79 Å². The van der Waals surface area contributed by atoms with Crippen molar-refractivity contribution in [3.05, 3.63) is 90.3 Å². The largest absolute Gasteiger partial charge is 0.264 e. The third-order valence-corrected chi connectivity index (χ3v) is 7.85. The topological polar surface area (TPSA) is 93.2 Å². The summed E-state index contributed by atoms with van der Waals surface area (Å²) >= 11 is 0. The molecule has 2 aromatic carbocycles. The number of pyridine rings is 1. The zero-order chi connectivity index (χ0) is 20.2. The highest BCUT2D eigenvalue weighted by Gasteiger charge is 2.31. The van der Waals surface area contributed by atoms with E-state index in [1.54, 1.807) is 42.5 Å². The Morgan fingerprint density at radius 3 is 2.14 bits per heavy atom. The molecule has 1 aromatic heterocycles. The first-order chi connectivity index (χ1) is 13.3. The maximum atomic E-state index is 13.2. The fourth-order valence-corrected chi connectivity index (χ4v) is 5.55. The maximum Gasteiger partial charge on any atom is 0.240 e. The van der Waals surface area contributed by atoms with Gasteiger partial charge in [0.2, 0.25) is 10.0 Å². The van der Waals surface area contributed by atoms with E-state index in [0.717, 1.165) is 5.56 Å². The lowest BCUT2D eigenvalue weighted by molar-refractivity contribution is 0.568. The summed E-state index contributed by atoms with van der Waals surface area (Å²) in [5, 5.41) is -1.11. The monoisotopic (exact) mass is 416 g/mol. The van der Waals surface area contributed by atoms with Gasteiger partial charge in [-0.05, 0) is 42.8 Å². The van der Waals surface area contributed by atoms with Crippen molar-refractivity contribution in [3.8, 4) is 0 Å². The highest BCUT2D eigenvalue weighted by Crippen LogP contribution is 2.28. The van der Waals surface area contributed by atoms with Crippen LogP contribution in [0.4, 0.5) is 0 Å². The molecule has 0 radical (unpaired) electrons. The minimum Gasteiger partial charge on any atom is -0.264 e. The van der Waals surface area contributed by atoms with Gasteiger partial charge in [0, 0.05) is 18.9 Å². The molecule has 146 valence electrons. The minimum atomic E-state index is -3.85. The van der Waals surface area contributed by atoms with Gasteiger partial charge >= 0.3 is 0 Å². The average Bonchev–Trinajstić information content (AvgIpc) is 2.70. The van der Waals surface area contributed by atoms with Crippen LogP contribution in [0.1, 0.15) is 16.4 Å². The third kappa shape index (κ3) is 4.46. The molecule has 28 heavy (non-hydrogen) atoms. The zero-order valence-electron chi connectivity index (χ0n) is 15.2. The lowest BCUT2D eigenvalue weighted by atomic mass is 10.2. The standard InChI is InChI=1S/C20H20N2O4S2/c1-16-9-11-18(12-10-16)27(23,24)20(17-6-5-13-21-14-17)15-22-28(25,26)19-7-3-2-4-8-19/h2-14,20,22H,15H2,1H3. The smallest absolute Gasteiger partial charge is 0.240 e. The second-order valence-electron chi connectivity index (χ2n) is 6.30. The molecule has 0 bridgehead atoms. The Morgan fingerprint density at radius 1 is 0.857 bits per heavy atom. The molecule has 1 atom stereocenters. The van der Waals surface area contributed by atoms with E-state index in [4.69, 9.17) is 0 Å². The van der Waals surface area contributed by atoms with E-state index in [9.17, 15) is 16.8 Å². The second-order valence-corrected chi connectivity index (χ2v) is 10.2. The molecule has 0 saturated heterocycles. The van der Waals surface area contributed by atoms with Crippen LogP contribution in [0.3, 0.4) is 0 Å². The fraction of sp³-hybridized carbons (Fsp3) is 0.150. The van der Waals surface area contributed by atoms with Gasteiger partial charge in [-0.25, -0.2) is 21.6 Å². The molecule has 1 heterocycles. The Hall–Kier alpha value is -2.55. The van der Waals surface area contributed by atoms with Crippen LogP contribution in [0.25, 0.3) is 0 Å². The summed E-state index contributed by atoms with van der Waals surface area (Å²) in [5.74, 6) is 0. The molecule has 3 aromatic rings. The quantitative estimate of drug-likeness (QED) is 0.639. The predicted octanol–water partition coefficient (Wildman–Crippen LogP) is 2.88. The Kier molecular flexibility index (Phi) is 5.93. The van der Waals surface area contributed by atoms with Gasteiger partial charge in [0.25, 0.3) is 0 Å². The van der Waals surface area contributed by atoms with E-state index in [2.05, 4.69) is 9.71 Å². The van der Waals surface area contributed by atoms with Crippen LogP contribution in [0, 0.1) is 6.92 Å². The number of sulfone groups is 1. The highest BCUT2D eigenvalue weighted by atomic mass is 32.2. The molecule has 3 rings (SSSR count). The first kappa shape index (κ1) is 20.2. The Bertz CT molecular complexity index is 1130. The molecular weight excluding hydrogens is 396 g/mol. The molecule has 0 amide bonds. The molecule has 1 N–H and O–H groups in total. The van der Waals surface area contributed by atoms with E-state index in [0.29, 0.717) is 5.56 Å². The molecule has 0 aliphatic carbocycles. The minimum absolute atomic E-state index is 0.0765. The van der Waals surface area contributed by atoms with Gasteiger partial charge in [0.1, 0.15) is 5.25 Å². The van der Waals surface area contributed by atoms with Crippen LogP contribution < -0.4 is 4.72 Å². The van der Waals surface area contributed by atoms with E-state index in [-0.39, 0.29) is 16.3 Å².